The largest absolute Gasteiger partial charge is 0.492 e. The first kappa shape index (κ1) is 16.0. The predicted octanol–water partition coefficient (Wildman–Crippen LogP) is 4.21. The van der Waals surface area contributed by atoms with E-state index in [1.165, 1.54) is 5.56 Å². The maximum absolute atomic E-state index is 5.92. The van der Waals surface area contributed by atoms with Gasteiger partial charge >= 0.3 is 0 Å². The molecule has 1 N–H and O–H groups in total. The zero-order valence-electron chi connectivity index (χ0n) is 13.3. The molecule has 108 valence electrons. The van der Waals surface area contributed by atoms with Crippen LogP contribution < -0.4 is 10.1 Å². The van der Waals surface area contributed by atoms with Crippen LogP contribution in [0.15, 0.2) is 24.3 Å². The minimum absolute atomic E-state index is 0.202. The van der Waals surface area contributed by atoms with E-state index < -0.39 is 0 Å². The van der Waals surface area contributed by atoms with Crippen molar-refractivity contribution in [3.8, 4) is 5.75 Å². The second-order valence-electron chi connectivity index (χ2n) is 6.51. The van der Waals surface area contributed by atoms with Crippen molar-refractivity contribution in [2.75, 3.05) is 13.2 Å². The fourth-order valence-electron chi connectivity index (χ4n) is 1.99. The molecule has 0 aromatic heterocycles. The van der Waals surface area contributed by atoms with Gasteiger partial charge in [0.15, 0.2) is 0 Å². The van der Waals surface area contributed by atoms with Crippen molar-refractivity contribution >= 4 is 0 Å². The fourth-order valence-corrected chi connectivity index (χ4v) is 1.99. The highest BCUT2D eigenvalue weighted by molar-refractivity contribution is 5.28. The Morgan fingerprint density at radius 1 is 1.11 bits per heavy atom. The van der Waals surface area contributed by atoms with Gasteiger partial charge in [-0.15, -0.1) is 0 Å². The molecule has 1 unspecified atom stereocenters. The Hall–Kier alpha value is -1.02. The summed E-state index contributed by atoms with van der Waals surface area (Å²) in [6.07, 6.45) is 0. The summed E-state index contributed by atoms with van der Waals surface area (Å²) in [4.78, 5) is 0. The van der Waals surface area contributed by atoms with Gasteiger partial charge in [0.05, 0.1) is 0 Å². The molecule has 0 amide bonds. The van der Waals surface area contributed by atoms with Crippen molar-refractivity contribution in [2.24, 2.45) is 5.41 Å². The zero-order valence-corrected chi connectivity index (χ0v) is 13.3. The maximum atomic E-state index is 5.92. The van der Waals surface area contributed by atoms with Crippen LogP contribution in [-0.4, -0.2) is 19.2 Å². The van der Waals surface area contributed by atoms with E-state index in [1.54, 1.807) is 0 Å². The molecule has 1 aromatic rings. The van der Waals surface area contributed by atoms with Gasteiger partial charge < -0.3 is 10.1 Å². The van der Waals surface area contributed by atoms with Crippen LogP contribution in [0.3, 0.4) is 0 Å². The van der Waals surface area contributed by atoms with E-state index >= 15 is 0 Å². The number of benzene rings is 1. The molecule has 2 heteroatoms. The molecule has 0 heterocycles. The molecule has 0 fully saturated rings. The van der Waals surface area contributed by atoms with Crippen molar-refractivity contribution in [2.45, 2.75) is 53.5 Å². The van der Waals surface area contributed by atoms with Crippen molar-refractivity contribution in [3.63, 3.8) is 0 Å². The standard InChI is InChI=1S/C17H29NO/c1-7-18-16(17(4,5)6)12-19-15-10-8-14(9-11-15)13(2)3/h8-11,13,16,18H,7,12H2,1-6H3. The van der Waals surface area contributed by atoms with Crippen LogP contribution in [0.1, 0.15) is 53.0 Å². The molecule has 1 atom stereocenters. The molecule has 19 heavy (non-hydrogen) atoms. The number of hydrogen-bond acceptors (Lipinski definition) is 2. The Morgan fingerprint density at radius 3 is 2.11 bits per heavy atom. The van der Waals surface area contributed by atoms with E-state index in [4.69, 9.17) is 4.74 Å². The monoisotopic (exact) mass is 263 g/mol. The number of nitrogens with one attached hydrogen (secondary N) is 1. The summed E-state index contributed by atoms with van der Waals surface area (Å²) in [5.41, 5.74) is 1.56. The van der Waals surface area contributed by atoms with Crippen molar-refractivity contribution < 1.29 is 4.74 Å². The maximum Gasteiger partial charge on any atom is 0.119 e. The summed E-state index contributed by atoms with van der Waals surface area (Å²) in [6.45, 7) is 14.9. The van der Waals surface area contributed by atoms with Crippen LogP contribution in [0.5, 0.6) is 5.75 Å². The molecular formula is C17H29NO. The zero-order chi connectivity index (χ0) is 14.5. The van der Waals surface area contributed by atoms with Crippen LogP contribution in [0.25, 0.3) is 0 Å². The van der Waals surface area contributed by atoms with Crippen molar-refractivity contribution in [3.05, 3.63) is 29.8 Å². The minimum atomic E-state index is 0.202. The molecule has 0 bridgehead atoms. The normalized spacial score (nSPS) is 13.6. The lowest BCUT2D eigenvalue weighted by Gasteiger charge is -2.31. The first-order valence-corrected chi connectivity index (χ1v) is 7.30. The topological polar surface area (TPSA) is 21.3 Å². The van der Waals surface area contributed by atoms with Gasteiger partial charge in [0.2, 0.25) is 0 Å². The Labute approximate surface area is 118 Å². The van der Waals surface area contributed by atoms with Gasteiger partial charge in [-0.05, 0) is 35.6 Å². The van der Waals surface area contributed by atoms with Crippen LogP contribution in [0.4, 0.5) is 0 Å². The number of hydrogen-bond donors (Lipinski definition) is 1. The van der Waals surface area contributed by atoms with Gasteiger partial charge in [0.1, 0.15) is 12.4 Å². The summed E-state index contributed by atoms with van der Waals surface area (Å²) >= 11 is 0. The molecule has 0 radical (unpaired) electrons. The van der Waals surface area contributed by atoms with Crippen LogP contribution in [0.2, 0.25) is 0 Å². The molecule has 1 rings (SSSR count). The van der Waals surface area contributed by atoms with E-state index in [1.807, 2.05) is 0 Å². The van der Waals surface area contributed by atoms with Gasteiger partial charge in [-0.1, -0.05) is 53.7 Å². The molecule has 1 aromatic carbocycles. The highest BCUT2D eigenvalue weighted by Crippen LogP contribution is 2.22. The van der Waals surface area contributed by atoms with Gasteiger partial charge in [-0.2, -0.15) is 0 Å². The van der Waals surface area contributed by atoms with Crippen LogP contribution >= 0.6 is 0 Å². The van der Waals surface area contributed by atoms with Crippen molar-refractivity contribution in [1.29, 1.82) is 0 Å². The first-order chi connectivity index (χ1) is 8.84. The minimum Gasteiger partial charge on any atom is -0.492 e. The lowest BCUT2D eigenvalue weighted by molar-refractivity contribution is 0.176. The lowest BCUT2D eigenvalue weighted by Crippen LogP contribution is -2.44. The Morgan fingerprint density at radius 2 is 1.68 bits per heavy atom. The average molecular weight is 263 g/mol. The number of ether oxygens (including phenoxy) is 1. The number of rotatable bonds is 6. The van der Waals surface area contributed by atoms with Gasteiger partial charge in [-0.25, -0.2) is 0 Å². The fraction of sp³-hybridized carbons (Fsp3) is 0.647. The van der Waals surface area contributed by atoms with Gasteiger partial charge in [-0.3, -0.25) is 0 Å². The van der Waals surface area contributed by atoms with E-state index in [2.05, 4.69) is 71.1 Å². The van der Waals surface area contributed by atoms with E-state index in [0.29, 0.717) is 18.6 Å². The third-order valence-corrected chi connectivity index (χ3v) is 3.46. The number of likely N-dealkylation sites (N-methyl/N-ethyl adjacent to an activating group) is 1. The molecule has 0 saturated carbocycles. The highest BCUT2D eigenvalue weighted by atomic mass is 16.5. The second-order valence-corrected chi connectivity index (χ2v) is 6.51. The molecule has 0 spiro atoms. The van der Waals surface area contributed by atoms with Crippen LogP contribution in [-0.2, 0) is 0 Å². The lowest BCUT2D eigenvalue weighted by atomic mass is 9.87. The Balaban J connectivity index is 2.59. The van der Waals surface area contributed by atoms with Gasteiger partial charge in [0, 0.05) is 6.04 Å². The third kappa shape index (κ3) is 5.23. The molecule has 0 aliphatic carbocycles. The second kappa shape index (κ2) is 6.95. The van der Waals surface area contributed by atoms with E-state index in [0.717, 1.165) is 12.3 Å². The molecule has 0 aliphatic heterocycles. The summed E-state index contributed by atoms with van der Waals surface area (Å²) in [7, 11) is 0. The smallest absolute Gasteiger partial charge is 0.119 e. The summed E-state index contributed by atoms with van der Waals surface area (Å²) < 4.78 is 5.92. The summed E-state index contributed by atoms with van der Waals surface area (Å²) in [5, 5.41) is 3.50. The third-order valence-electron chi connectivity index (χ3n) is 3.46. The first-order valence-electron chi connectivity index (χ1n) is 7.30. The SMILES string of the molecule is CCNC(COc1ccc(C(C)C)cc1)C(C)(C)C. The highest BCUT2D eigenvalue weighted by Gasteiger charge is 2.24. The Bertz CT molecular complexity index is 362. The van der Waals surface area contributed by atoms with Crippen LogP contribution in [0, 0.1) is 5.41 Å². The summed E-state index contributed by atoms with van der Waals surface area (Å²) in [6, 6.07) is 8.81. The predicted molar refractivity (Wildman–Crippen MR) is 82.9 cm³/mol. The molecule has 2 nitrogen and oxygen atoms in total. The van der Waals surface area contributed by atoms with Crippen molar-refractivity contribution in [1.82, 2.24) is 5.32 Å². The Kier molecular flexibility index (Phi) is 5.86. The van der Waals surface area contributed by atoms with E-state index in [9.17, 15) is 0 Å². The molecule has 0 saturated heterocycles. The molecule has 0 aliphatic rings. The quantitative estimate of drug-likeness (QED) is 0.830. The summed E-state index contributed by atoms with van der Waals surface area (Å²) in [5.74, 6) is 1.52. The van der Waals surface area contributed by atoms with Gasteiger partial charge in [0.25, 0.3) is 0 Å². The van der Waals surface area contributed by atoms with E-state index in [-0.39, 0.29) is 5.41 Å². The average Bonchev–Trinajstić information content (AvgIpc) is 2.33. The molecular weight excluding hydrogens is 234 g/mol.